The van der Waals surface area contributed by atoms with Gasteiger partial charge in [-0.05, 0) is 42.3 Å². The fraction of sp³-hybridized carbons (Fsp3) is 0.0690. The number of aromatic nitrogens is 1. The Hall–Kier alpha value is -4.22. The number of aryl methyl sites for hydroxylation is 1. The minimum atomic E-state index is -0.439. The molecule has 5 nitrogen and oxygen atoms in total. The van der Waals surface area contributed by atoms with Crippen molar-refractivity contribution >= 4 is 40.7 Å². The van der Waals surface area contributed by atoms with Crippen molar-refractivity contribution < 1.29 is 4.79 Å². The molecule has 0 radical (unpaired) electrons. The lowest BCUT2D eigenvalue weighted by Crippen LogP contribution is -2.25. The van der Waals surface area contributed by atoms with Gasteiger partial charge in [-0.15, -0.1) is 0 Å². The Labute approximate surface area is 209 Å². The molecule has 172 valence electrons. The number of pyridine rings is 1. The van der Waals surface area contributed by atoms with Crippen LogP contribution < -0.4 is 5.32 Å². The van der Waals surface area contributed by atoms with Crippen LogP contribution in [0.5, 0.6) is 0 Å². The third-order valence-electron chi connectivity index (χ3n) is 5.71. The predicted octanol–water partition coefficient (Wildman–Crippen LogP) is 6.26. The lowest BCUT2D eigenvalue weighted by molar-refractivity contribution is -0.126. The minimum Gasteiger partial charge on any atom is -0.355 e. The van der Waals surface area contributed by atoms with E-state index in [4.69, 9.17) is 11.6 Å². The first-order chi connectivity index (χ1) is 17.1. The minimum absolute atomic E-state index is 0.228. The number of allylic oxidation sites excluding steroid dienone is 2. The van der Waals surface area contributed by atoms with Gasteiger partial charge >= 0.3 is 0 Å². The first-order valence-corrected chi connectivity index (χ1v) is 11.7. The molecule has 1 unspecified atom stereocenters. The molecule has 0 aliphatic carbocycles. The zero-order valence-electron chi connectivity index (χ0n) is 19.1. The molecule has 3 aromatic carbocycles. The Morgan fingerprint density at radius 2 is 1.74 bits per heavy atom. The number of hydrazone groups is 1. The van der Waals surface area contributed by atoms with Gasteiger partial charge in [-0.3, -0.25) is 4.79 Å². The van der Waals surface area contributed by atoms with Gasteiger partial charge in [0.05, 0.1) is 11.7 Å². The van der Waals surface area contributed by atoms with E-state index in [1.54, 1.807) is 12.3 Å². The number of nitrogens with zero attached hydrogens (tertiary/aromatic N) is 3. The van der Waals surface area contributed by atoms with Crippen LogP contribution >= 0.6 is 11.6 Å². The van der Waals surface area contributed by atoms with Gasteiger partial charge in [0, 0.05) is 10.9 Å². The SMILES string of the molecule is Cc1ccc2nc(Cl)c(C=NN3C(=O)C(=CC=Cc4ccccc4)NC3c3ccccc3)cc2c1. The number of carbonyl (C=O) groups excluding carboxylic acids is 1. The van der Waals surface area contributed by atoms with Crippen LogP contribution in [0.4, 0.5) is 0 Å². The summed E-state index contributed by atoms with van der Waals surface area (Å²) in [6.07, 6.45) is 6.74. The average Bonchev–Trinajstić information content (AvgIpc) is 3.19. The van der Waals surface area contributed by atoms with Gasteiger partial charge in [-0.1, -0.05) is 96.0 Å². The Morgan fingerprint density at radius 3 is 2.51 bits per heavy atom. The summed E-state index contributed by atoms with van der Waals surface area (Å²) in [6.45, 7) is 2.03. The fourth-order valence-corrected chi connectivity index (χ4v) is 4.13. The topological polar surface area (TPSA) is 57.6 Å². The zero-order chi connectivity index (χ0) is 24.2. The second-order valence-corrected chi connectivity index (χ2v) is 8.62. The van der Waals surface area contributed by atoms with Crippen molar-refractivity contribution in [3.63, 3.8) is 0 Å². The highest BCUT2D eigenvalue weighted by Crippen LogP contribution is 2.28. The Kier molecular flexibility index (Phi) is 6.42. The molecule has 1 N–H and O–H groups in total. The van der Waals surface area contributed by atoms with Crippen LogP contribution in [0.15, 0.2) is 108 Å². The summed E-state index contributed by atoms with van der Waals surface area (Å²) in [4.78, 5) is 17.8. The lowest BCUT2D eigenvalue weighted by Gasteiger charge is -2.19. The highest BCUT2D eigenvalue weighted by atomic mass is 35.5. The molecule has 1 aromatic heterocycles. The van der Waals surface area contributed by atoms with E-state index in [9.17, 15) is 4.79 Å². The molecule has 1 atom stereocenters. The van der Waals surface area contributed by atoms with E-state index in [0.29, 0.717) is 16.4 Å². The van der Waals surface area contributed by atoms with Gasteiger partial charge in [0.25, 0.3) is 5.91 Å². The number of benzene rings is 3. The second kappa shape index (κ2) is 9.95. The van der Waals surface area contributed by atoms with Crippen molar-refractivity contribution in [2.45, 2.75) is 13.1 Å². The summed E-state index contributed by atoms with van der Waals surface area (Å²) in [5.74, 6) is -0.228. The summed E-state index contributed by atoms with van der Waals surface area (Å²) in [5.41, 5.74) is 5.03. The van der Waals surface area contributed by atoms with Crippen LogP contribution in [0.3, 0.4) is 0 Å². The van der Waals surface area contributed by atoms with E-state index < -0.39 is 6.17 Å². The maximum atomic E-state index is 13.3. The number of carbonyl (C=O) groups is 1. The molecule has 35 heavy (non-hydrogen) atoms. The van der Waals surface area contributed by atoms with Gasteiger partial charge < -0.3 is 5.32 Å². The Bertz CT molecular complexity index is 1460. The summed E-state index contributed by atoms with van der Waals surface area (Å²) in [7, 11) is 0. The van der Waals surface area contributed by atoms with Crippen molar-refractivity contribution in [2.75, 3.05) is 0 Å². The summed E-state index contributed by atoms with van der Waals surface area (Å²) in [6, 6.07) is 27.6. The van der Waals surface area contributed by atoms with Gasteiger partial charge in [-0.2, -0.15) is 5.10 Å². The molecule has 0 bridgehead atoms. The van der Waals surface area contributed by atoms with E-state index in [1.165, 1.54) is 5.01 Å². The van der Waals surface area contributed by atoms with E-state index in [1.807, 2.05) is 104 Å². The van der Waals surface area contributed by atoms with E-state index in [-0.39, 0.29) is 5.91 Å². The first-order valence-electron chi connectivity index (χ1n) is 11.3. The molecular formula is C29H23ClN4O. The normalized spacial score (nSPS) is 17.2. The molecule has 1 amide bonds. The number of rotatable bonds is 5. The predicted molar refractivity (Wildman–Crippen MR) is 142 cm³/mol. The largest absolute Gasteiger partial charge is 0.355 e. The summed E-state index contributed by atoms with van der Waals surface area (Å²) >= 11 is 6.43. The Morgan fingerprint density at radius 1 is 1.00 bits per heavy atom. The van der Waals surface area contributed by atoms with Crippen LogP contribution in [0.25, 0.3) is 17.0 Å². The van der Waals surface area contributed by atoms with Crippen LogP contribution in [0.1, 0.15) is 28.4 Å². The van der Waals surface area contributed by atoms with Gasteiger partial charge in [0.1, 0.15) is 10.9 Å². The molecule has 0 spiro atoms. The molecule has 2 heterocycles. The van der Waals surface area contributed by atoms with Crippen LogP contribution in [-0.2, 0) is 4.79 Å². The number of nitrogens with one attached hydrogen (secondary N) is 1. The number of halogens is 1. The van der Waals surface area contributed by atoms with Crippen LogP contribution in [0, 0.1) is 6.92 Å². The van der Waals surface area contributed by atoms with Crippen molar-refractivity contribution in [3.05, 3.63) is 130 Å². The zero-order valence-corrected chi connectivity index (χ0v) is 19.9. The molecule has 1 aliphatic rings. The quantitative estimate of drug-likeness (QED) is 0.209. The molecule has 1 aliphatic heterocycles. The lowest BCUT2D eigenvalue weighted by atomic mass is 10.1. The number of hydrogen-bond donors (Lipinski definition) is 1. The third kappa shape index (κ3) is 5.00. The highest BCUT2D eigenvalue weighted by Gasteiger charge is 2.35. The third-order valence-corrected chi connectivity index (χ3v) is 6.02. The number of hydrogen-bond acceptors (Lipinski definition) is 4. The maximum absolute atomic E-state index is 13.3. The fourth-order valence-electron chi connectivity index (χ4n) is 3.93. The maximum Gasteiger partial charge on any atom is 0.292 e. The van der Waals surface area contributed by atoms with Gasteiger partial charge in [0.2, 0.25) is 0 Å². The van der Waals surface area contributed by atoms with Crippen molar-refractivity contribution in [2.24, 2.45) is 5.10 Å². The molecule has 0 saturated carbocycles. The summed E-state index contributed by atoms with van der Waals surface area (Å²) < 4.78 is 0. The standard InChI is InChI=1S/C29H23ClN4O/c1-20-15-16-25-23(17-20)18-24(27(30)32-25)19-31-34-28(22-12-6-3-7-13-22)33-26(29(34)35)14-8-11-21-9-4-2-5-10-21/h2-19,28,33H,1H3. The van der Waals surface area contributed by atoms with Crippen molar-refractivity contribution in [1.29, 1.82) is 0 Å². The average molecular weight is 479 g/mol. The van der Waals surface area contributed by atoms with E-state index >= 15 is 0 Å². The molecular weight excluding hydrogens is 456 g/mol. The second-order valence-electron chi connectivity index (χ2n) is 8.27. The van der Waals surface area contributed by atoms with Gasteiger partial charge in [-0.25, -0.2) is 9.99 Å². The first kappa shape index (κ1) is 22.6. The molecule has 1 fully saturated rings. The Balaban J connectivity index is 1.46. The van der Waals surface area contributed by atoms with E-state index in [0.717, 1.165) is 27.6 Å². The molecule has 1 saturated heterocycles. The van der Waals surface area contributed by atoms with Crippen molar-refractivity contribution in [3.8, 4) is 0 Å². The smallest absolute Gasteiger partial charge is 0.292 e. The number of amides is 1. The van der Waals surface area contributed by atoms with Crippen LogP contribution in [-0.4, -0.2) is 22.1 Å². The van der Waals surface area contributed by atoms with Gasteiger partial charge in [0.15, 0.2) is 6.17 Å². The summed E-state index contributed by atoms with van der Waals surface area (Å²) in [5, 5.41) is 10.6. The number of fused-ring (bicyclic) bond motifs is 1. The molecule has 6 heteroatoms. The van der Waals surface area contributed by atoms with Crippen molar-refractivity contribution in [1.82, 2.24) is 15.3 Å². The molecule has 4 aromatic rings. The van der Waals surface area contributed by atoms with E-state index in [2.05, 4.69) is 15.4 Å². The van der Waals surface area contributed by atoms with Crippen LogP contribution in [0.2, 0.25) is 5.15 Å². The highest BCUT2D eigenvalue weighted by molar-refractivity contribution is 6.32. The molecule has 5 rings (SSSR count). The monoisotopic (exact) mass is 478 g/mol.